The number of hydrogen-bond donors (Lipinski definition) is 2. The van der Waals surface area contributed by atoms with Crippen molar-refractivity contribution in [2.24, 2.45) is 0 Å². The van der Waals surface area contributed by atoms with E-state index in [9.17, 15) is 9.59 Å². The van der Waals surface area contributed by atoms with Crippen molar-refractivity contribution in [3.05, 3.63) is 60.2 Å². The third-order valence-electron chi connectivity index (χ3n) is 3.28. The standard InChI is InChI=1S/C18H19NO4/c1-13(23-18(22)19-12-17(20)21)11-14-7-9-16(10-8-14)15-5-3-2-4-6-15/h2-10,13H,11-12H2,1H3,(H,19,22)(H,20,21). The number of carboxylic acid groups (broad SMARTS) is 1. The molecule has 0 aromatic heterocycles. The molecular formula is C18H19NO4. The molecule has 0 aliphatic rings. The molecule has 120 valence electrons. The van der Waals surface area contributed by atoms with Crippen LogP contribution in [0.5, 0.6) is 0 Å². The van der Waals surface area contributed by atoms with Gasteiger partial charge in [0.05, 0.1) is 0 Å². The Bertz CT molecular complexity index is 652. The van der Waals surface area contributed by atoms with Crippen LogP contribution in [0.4, 0.5) is 4.79 Å². The summed E-state index contributed by atoms with van der Waals surface area (Å²) in [5.74, 6) is -1.11. The first-order valence-electron chi connectivity index (χ1n) is 7.35. The number of benzene rings is 2. The molecular weight excluding hydrogens is 294 g/mol. The van der Waals surface area contributed by atoms with Gasteiger partial charge in [-0.1, -0.05) is 54.6 Å². The molecule has 0 heterocycles. The summed E-state index contributed by atoms with van der Waals surface area (Å²) in [6.07, 6.45) is -0.498. The van der Waals surface area contributed by atoms with E-state index < -0.39 is 18.6 Å². The van der Waals surface area contributed by atoms with Gasteiger partial charge in [-0.3, -0.25) is 4.79 Å². The van der Waals surface area contributed by atoms with Gasteiger partial charge in [-0.2, -0.15) is 0 Å². The van der Waals surface area contributed by atoms with Crippen LogP contribution in [-0.4, -0.2) is 29.8 Å². The van der Waals surface area contributed by atoms with Gasteiger partial charge in [0.1, 0.15) is 12.6 Å². The van der Waals surface area contributed by atoms with E-state index in [4.69, 9.17) is 9.84 Å². The minimum Gasteiger partial charge on any atom is -0.480 e. The molecule has 0 fully saturated rings. The molecule has 2 aromatic carbocycles. The van der Waals surface area contributed by atoms with Gasteiger partial charge in [-0.15, -0.1) is 0 Å². The minimum absolute atomic E-state index is 0.341. The van der Waals surface area contributed by atoms with Crippen LogP contribution in [0, 0.1) is 0 Å². The topological polar surface area (TPSA) is 75.6 Å². The van der Waals surface area contributed by atoms with E-state index in [0.717, 1.165) is 16.7 Å². The van der Waals surface area contributed by atoms with E-state index in [-0.39, 0.29) is 6.10 Å². The average molecular weight is 313 g/mol. The lowest BCUT2D eigenvalue weighted by molar-refractivity contribution is -0.135. The first-order chi connectivity index (χ1) is 11.0. The van der Waals surface area contributed by atoms with Crippen molar-refractivity contribution in [2.75, 3.05) is 6.54 Å². The SMILES string of the molecule is CC(Cc1ccc(-c2ccccc2)cc1)OC(=O)NCC(=O)O. The van der Waals surface area contributed by atoms with Gasteiger partial charge in [-0.05, 0) is 23.6 Å². The van der Waals surface area contributed by atoms with Crippen molar-refractivity contribution in [1.29, 1.82) is 0 Å². The summed E-state index contributed by atoms with van der Waals surface area (Å²) in [6.45, 7) is 1.32. The number of alkyl carbamates (subject to hydrolysis) is 1. The lowest BCUT2D eigenvalue weighted by atomic mass is 10.0. The Hall–Kier alpha value is -2.82. The quantitative estimate of drug-likeness (QED) is 0.859. The Morgan fingerprint density at radius 2 is 1.65 bits per heavy atom. The van der Waals surface area contributed by atoms with E-state index in [0.29, 0.717) is 6.42 Å². The van der Waals surface area contributed by atoms with E-state index >= 15 is 0 Å². The van der Waals surface area contributed by atoms with Gasteiger partial charge >= 0.3 is 12.1 Å². The molecule has 0 bridgehead atoms. The molecule has 1 atom stereocenters. The largest absolute Gasteiger partial charge is 0.480 e. The zero-order chi connectivity index (χ0) is 16.7. The van der Waals surface area contributed by atoms with E-state index in [1.807, 2.05) is 54.6 Å². The zero-order valence-corrected chi connectivity index (χ0v) is 12.9. The van der Waals surface area contributed by atoms with Gasteiger partial charge in [0.15, 0.2) is 0 Å². The summed E-state index contributed by atoms with van der Waals surface area (Å²) >= 11 is 0. The smallest absolute Gasteiger partial charge is 0.407 e. The van der Waals surface area contributed by atoms with E-state index in [2.05, 4.69) is 5.32 Å². The predicted molar refractivity (Wildman–Crippen MR) is 87.2 cm³/mol. The van der Waals surface area contributed by atoms with Crippen molar-refractivity contribution < 1.29 is 19.4 Å². The van der Waals surface area contributed by atoms with E-state index in [1.165, 1.54) is 0 Å². The molecule has 2 aromatic rings. The van der Waals surface area contributed by atoms with Crippen LogP contribution >= 0.6 is 0 Å². The molecule has 0 aliphatic carbocycles. The second-order valence-electron chi connectivity index (χ2n) is 5.23. The van der Waals surface area contributed by atoms with Crippen LogP contribution in [0.2, 0.25) is 0 Å². The maximum atomic E-state index is 11.4. The number of ether oxygens (including phenoxy) is 1. The number of amides is 1. The number of carbonyl (C=O) groups is 2. The second kappa shape index (κ2) is 7.98. The molecule has 0 spiro atoms. The summed E-state index contributed by atoms with van der Waals surface area (Å²) < 4.78 is 5.11. The Balaban J connectivity index is 1.88. The highest BCUT2D eigenvalue weighted by Crippen LogP contribution is 2.19. The van der Waals surface area contributed by atoms with Crippen LogP contribution in [0.25, 0.3) is 11.1 Å². The van der Waals surface area contributed by atoms with Crippen LogP contribution in [0.1, 0.15) is 12.5 Å². The first kappa shape index (κ1) is 16.5. The number of carboxylic acids is 1. The molecule has 2 N–H and O–H groups in total. The average Bonchev–Trinajstić information content (AvgIpc) is 2.54. The highest BCUT2D eigenvalue weighted by Gasteiger charge is 2.11. The third-order valence-corrected chi connectivity index (χ3v) is 3.28. The van der Waals surface area contributed by atoms with Crippen molar-refractivity contribution >= 4 is 12.1 Å². The Labute approximate surface area is 134 Å². The third kappa shape index (κ3) is 5.47. The molecule has 0 saturated carbocycles. The molecule has 5 nitrogen and oxygen atoms in total. The number of aliphatic carboxylic acids is 1. The molecule has 0 aliphatic heterocycles. The fourth-order valence-electron chi connectivity index (χ4n) is 2.21. The maximum Gasteiger partial charge on any atom is 0.407 e. The normalized spacial score (nSPS) is 11.5. The fraction of sp³-hybridized carbons (Fsp3) is 0.222. The molecule has 0 saturated heterocycles. The summed E-state index contributed by atoms with van der Waals surface area (Å²) in [5, 5.41) is 10.7. The summed E-state index contributed by atoms with van der Waals surface area (Å²) in [5.41, 5.74) is 3.32. The van der Waals surface area contributed by atoms with Gasteiger partial charge in [-0.25, -0.2) is 4.79 Å². The number of nitrogens with one attached hydrogen (secondary N) is 1. The van der Waals surface area contributed by atoms with Gasteiger partial charge < -0.3 is 15.2 Å². The fourth-order valence-corrected chi connectivity index (χ4v) is 2.21. The van der Waals surface area contributed by atoms with Gasteiger partial charge in [0, 0.05) is 6.42 Å². The first-order valence-corrected chi connectivity index (χ1v) is 7.35. The van der Waals surface area contributed by atoms with Crippen LogP contribution in [-0.2, 0) is 16.0 Å². The second-order valence-corrected chi connectivity index (χ2v) is 5.23. The van der Waals surface area contributed by atoms with Gasteiger partial charge in [0.2, 0.25) is 0 Å². The number of rotatable bonds is 6. The number of carbonyl (C=O) groups excluding carboxylic acids is 1. The predicted octanol–water partition coefficient (Wildman–Crippen LogP) is 3.10. The van der Waals surface area contributed by atoms with Crippen LogP contribution in [0.15, 0.2) is 54.6 Å². The van der Waals surface area contributed by atoms with Crippen LogP contribution in [0.3, 0.4) is 0 Å². The molecule has 23 heavy (non-hydrogen) atoms. The molecule has 1 unspecified atom stereocenters. The van der Waals surface area contributed by atoms with Crippen molar-refractivity contribution in [3.8, 4) is 11.1 Å². The molecule has 2 rings (SSSR count). The monoisotopic (exact) mass is 313 g/mol. The molecule has 0 radical (unpaired) electrons. The van der Waals surface area contributed by atoms with Gasteiger partial charge in [0.25, 0.3) is 0 Å². The van der Waals surface area contributed by atoms with E-state index in [1.54, 1.807) is 6.92 Å². The molecule has 5 heteroatoms. The lowest BCUT2D eigenvalue weighted by Gasteiger charge is -2.13. The Morgan fingerprint density at radius 3 is 2.26 bits per heavy atom. The summed E-state index contributed by atoms with van der Waals surface area (Å²) in [6, 6.07) is 18.1. The lowest BCUT2D eigenvalue weighted by Crippen LogP contribution is -2.32. The summed E-state index contributed by atoms with van der Waals surface area (Å²) in [7, 11) is 0. The van der Waals surface area contributed by atoms with Crippen molar-refractivity contribution in [1.82, 2.24) is 5.32 Å². The Kier molecular flexibility index (Phi) is 5.74. The van der Waals surface area contributed by atoms with Crippen LogP contribution < -0.4 is 5.32 Å². The van der Waals surface area contributed by atoms with Crippen molar-refractivity contribution in [3.63, 3.8) is 0 Å². The van der Waals surface area contributed by atoms with Crippen molar-refractivity contribution in [2.45, 2.75) is 19.4 Å². The molecule has 1 amide bonds. The Morgan fingerprint density at radius 1 is 1.04 bits per heavy atom. The number of hydrogen-bond acceptors (Lipinski definition) is 3. The highest BCUT2D eigenvalue weighted by atomic mass is 16.6. The zero-order valence-electron chi connectivity index (χ0n) is 12.9. The minimum atomic E-state index is -1.11. The summed E-state index contributed by atoms with van der Waals surface area (Å²) in [4.78, 5) is 21.7. The maximum absolute atomic E-state index is 11.4. The highest BCUT2D eigenvalue weighted by molar-refractivity contribution is 5.76.